The number of hydrogen-bond acceptors (Lipinski definition) is 4. The third-order valence-corrected chi connectivity index (χ3v) is 2.72. The molecule has 0 aliphatic carbocycles. The van der Waals surface area contributed by atoms with Crippen LogP contribution in [0.1, 0.15) is 5.56 Å². The van der Waals surface area contributed by atoms with Crippen LogP contribution < -0.4 is 14.8 Å². The summed E-state index contributed by atoms with van der Waals surface area (Å²) in [5.74, 6) is 1.40. The molecule has 0 spiro atoms. The van der Waals surface area contributed by atoms with E-state index in [1.807, 2.05) is 31.1 Å². The normalized spacial score (nSPS) is 10.4. The fraction of sp³-hybridized carbons (Fsp3) is 0.500. The number of hydrogen-bond donors (Lipinski definition) is 1. The predicted molar refractivity (Wildman–Crippen MR) is 74.8 cm³/mol. The van der Waals surface area contributed by atoms with Gasteiger partial charge in [-0.2, -0.15) is 0 Å². The highest BCUT2D eigenvalue weighted by atomic mass is 16.5. The topological polar surface area (TPSA) is 50.8 Å². The first kappa shape index (κ1) is 15.3. The van der Waals surface area contributed by atoms with Crippen molar-refractivity contribution in [2.45, 2.75) is 6.42 Å². The molecule has 1 N–H and O–H groups in total. The molecule has 0 fully saturated rings. The lowest BCUT2D eigenvalue weighted by Crippen LogP contribution is -2.32. The van der Waals surface area contributed by atoms with E-state index in [0.717, 1.165) is 17.9 Å². The molecule has 106 valence electrons. The molecule has 0 atom stereocenters. The number of nitrogens with zero attached hydrogens (tertiary/aromatic N) is 1. The SMILES string of the molecule is COc1ccc(OC)c(CC(=O)NCCN(C)C)c1. The van der Waals surface area contributed by atoms with Crippen LogP contribution in [0, 0.1) is 0 Å². The molecule has 0 aliphatic heterocycles. The lowest BCUT2D eigenvalue weighted by atomic mass is 10.1. The lowest BCUT2D eigenvalue weighted by Gasteiger charge is -2.12. The maximum absolute atomic E-state index is 11.8. The monoisotopic (exact) mass is 266 g/mol. The van der Waals surface area contributed by atoms with Crippen LogP contribution >= 0.6 is 0 Å². The van der Waals surface area contributed by atoms with Gasteiger partial charge in [0.2, 0.25) is 5.91 Å². The summed E-state index contributed by atoms with van der Waals surface area (Å²) in [5.41, 5.74) is 0.823. The average molecular weight is 266 g/mol. The van der Waals surface area contributed by atoms with Crippen LogP contribution in [-0.2, 0) is 11.2 Å². The molecule has 1 rings (SSSR count). The Kier molecular flexibility index (Phi) is 6.15. The van der Waals surface area contributed by atoms with E-state index in [9.17, 15) is 4.79 Å². The molecule has 0 bridgehead atoms. The maximum Gasteiger partial charge on any atom is 0.224 e. The van der Waals surface area contributed by atoms with E-state index >= 15 is 0 Å². The van der Waals surface area contributed by atoms with Crippen LogP contribution in [0.4, 0.5) is 0 Å². The summed E-state index contributed by atoms with van der Waals surface area (Å²) in [6.45, 7) is 1.46. The van der Waals surface area contributed by atoms with E-state index < -0.39 is 0 Å². The van der Waals surface area contributed by atoms with Crippen molar-refractivity contribution >= 4 is 5.91 Å². The number of carbonyl (C=O) groups excluding carboxylic acids is 1. The Hall–Kier alpha value is -1.75. The van der Waals surface area contributed by atoms with Gasteiger partial charge in [-0.05, 0) is 32.3 Å². The second kappa shape index (κ2) is 7.63. The van der Waals surface area contributed by atoms with Crippen molar-refractivity contribution in [2.75, 3.05) is 41.4 Å². The minimum Gasteiger partial charge on any atom is -0.497 e. The summed E-state index contributed by atoms with van der Waals surface area (Å²) in [7, 11) is 7.13. The zero-order valence-corrected chi connectivity index (χ0v) is 12.0. The summed E-state index contributed by atoms with van der Waals surface area (Å²) >= 11 is 0. The highest BCUT2D eigenvalue weighted by Gasteiger charge is 2.10. The summed E-state index contributed by atoms with van der Waals surface area (Å²) in [5, 5.41) is 2.87. The number of likely N-dealkylation sites (N-methyl/N-ethyl adjacent to an activating group) is 1. The van der Waals surface area contributed by atoms with Crippen molar-refractivity contribution in [1.82, 2.24) is 10.2 Å². The third-order valence-electron chi connectivity index (χ3n) is 2.72. The zero-order chi connectivity index (χ0) is 14.3. The van der Waals surface area contributed by atoms with Gasteiger partial charge in [0.05, 0.1) is 20.6 Å². The fourth-order valence-corrected chi connectivity index (χ4v) is 1.67. The Labute approximate surface area is 114 Å². The van der Waals surface area contributed by atoms with Gasteiger partial charge in [-0.25, -0.2) is 0 Å². The highest BCUT2D eigenvalue weighted by molar-refractivity contribution is 5.79. The van der Waals surface area contributed by atoms with Gasteiger partial charge >= 0.3 is 0 Å². The molecule has 1 aromatic rings. The van der Waals surface area contributed by atoms with Crippen molar-refractivity contribution in [1.29, 1.82) is 0 Å². The number of benzene rings is 1. The first-order valence-electron chi connectivity index (χ1n) is 6.19. The fourth-order valence-electron chi connectivity index (χ4n) is 1.67. The van der Waals surface area contributed by atoms with E-state index in [1.165, 1.54) is 0 Å². The van der Waals surface area contributed by atoms with Crippen molar-refractivity contribution in [2.24, 2.45) is 0 Å². The van der Waals surface area contributed by atoms with Crippen LogP contribution in [0.25, 0.3) is 0 Å². The molecule has 0 saturated carbocycles. The largest absolute Gasteiger partial charge is 0.497 e. The van der Waals surface area contributed by atoms with E-state index in [-0.39, 0.29) is 12.3 Å². The number of nitrogens with one attached hydrogen (secondary N) is 1. The predicted octanol–water partition coefficient (Wildman–Crippen LogP) is 0.924. The van der Waals surface area contributed by atoms with Gasteiger partial charge in [0.1, 0.15) is 11.5 Å². The molecule has 0 aromatic heterocycles. The van der Waals surface area contributed by atoms with E-state index in [2.05, 4.69) is 5.32 Å². The number of amides is 1. The lowest BCUT2D eigenvalue weighted by molar-refractivity contribution is -0.120. The van der Waals surface area contributed by atoms with Crippen molar-refractivity contribution in [3.63, 3.8) is 0 Å². The Balaban J connectivity index is 2.61. The Morgan fingerprint density at radius 2 is 2.00 bits per heavy atom. The average Bonchev–Trinajstić information content (AvgIpc) is 2.38. The number of ether oxygens (including phenoxy) is 2. The summed E-state index contributed by atoms with van der Waals surface area (Å²) < 4.78 is 10.4. The van der Waals surface area contributed by atoms with Gasteiger partial charge < -0.3 is 19.7 Å². The second-order valence-corrected chi connectivity index (χ2v) is 4.51. The van der Waals surface area contributed by atoms with E-state index in [4.69, 9.17) is 9.47 Å². The Morgan fingerprint density at radius 1 is 1.26 bits per heavy atom. The smallest absolute Gasteiger partial charge is 0.224 e. The molecular formula is C14H22N2O3. The molecule has 0 unspecified atom stereocenters. The van der Waals surface area contributed by atoms with E-state index in [1.54, 1.807) is 20.3 Å². The quantitative estimate of drug-likeness (QED) is 0.797. The molecule has 0 heterocycles. The van der Waals surface area contributed by atoms with Crippen molar-refractivity contribution < 1.29 is 14.3 Å². The third kappa shape index (κ3) is 5.18. The van der Waals surface area contributed by atoms with Gasteiger partial charge in [-0.3, -0.25) is 4.79 Å². The first-order chi connectivity index (χ1) is 9.06. The first-order valence-corrected chi connectivity index (χ1v) is 6.19. The Bertz CT molecular complexity index is 419. The van der Waals surface area contributed by atoms with Gasteiger partial charge in [0.15, 0.2) is 0 Å². The standard InChI is InChI=1S/C14H22N2O3/c1-16(2)8-7-15-14(17)10-11-9-12(18-3)5-6-13(11)19-4/h5-6,9H,7-8,10H2,1-4H3,(H,15,17). The van der Waals surface area contributed by atoms with Crippen molar-refractivity contribution in [3.05, 3.63) is 23.8 Å². The van der Waals surface area contributed by atoms with Crippen molar-refractivity contribution in [3.8, 4) is 11.5 Å². The summed E-state index contributed by atoms with van der Waals surface area (Å²) in [6, 6.07) is 5.44. The molecule has 0 aliphatic rings. The summed E-state index contributed by atoms with van der Waals surface area (Å²) in [4.78, 5) is 13.9. The molecule has 0 radical (unpaired) electrons. The molecule has 5 nitrogen and oxygen atoms in total. The number of rotatable bonds is 7. The highest BCUT2D eigenvalue weighted by Crippen LogP contribution is 2.24. The van der Waals surface area contributed by atoms with Gasteiger partial charge in [0, 0.05) is 18.7 Å². The molecule has 1 amide bonds. The minimum atomic E-state index is -0.0200. The van der Waals surface area contributed by atoms with Crippen LogP contribution in [0.15, 0.2) is 18.2 Å². The van der Waals surface area contributed by atoms with Crippen LogP contribution in [-0.4, -0.2) is 52.2 Å². The number of carbonyl (C=O) groups is 1. The van der Waals surface area contributed by atoms with Crippen LogP contribution in [0.2, 0.25) is 0 Å². The Morgan fingerprint density at radius 3 is 2.58 bits per heavy atom. The van der Waals surface area contributed by atoms with Crippen LogP contribution in [0.5, 0.6) is 11.5 Å². The van der Waals surface area contributed by atoms with Gasteiger partial charge in [0.25, 0.3) is 0 Å². The van der Waals surface area contributed by atoms with Gasteiger partial charge in [-0.1, -0.05) is 0 Å². The molecule has 0 saturated heterocycles. The molecule has 1 aromatic carbocycles. The second-order valence-electron chi connectivity index (χ2n) is 4.51. The molecular weight excluding hydrogens is 244 g/mol. The zero-order valence-electron chi connectivity index (χ0n) is 12.0. The maximum atomic E-state index is 11.8. The summed E-state index contributed by atoms with van der Waals surface area (Å²) in [6.07, 6.45) is 0.286. The number of methoxy groups -OCH3 is 2. The molecule has 5 heteroatoms. The van der Waals surface area contributed by atoms with Crippen LogP contribution in [0.3, 0.4) is 0 Å². The molecule has 19 heavy (non-hydrogen) atoms. The van der Waals surface area contributed by atoms with E-state index in [0.29, 0.717) is 12.3 Å². The van der Waals surface area contributed by atoms with Gasteiger partial charge in [-0.15, -0.1) is 0 Å². The minimum absolute atomic E-state index is 0.0200.